The van der Waals surface area contributed by atoms with Crippen molar-refractivity contribution in [1.82, 2.24) is 5.32 Å². The van der Waals surface area contributed by atoms with Gasteiger partial charge in [0.05, 0.1) is 11.0 Å². The number of aliphatic hydroxyl groups excluding tert-OH is 1. The molecule has 2 heterocycles. The maximum atomic E-state index is 12.6. The van der Waals surface area contributed by atoms with Gasteiger partial charge >= 0.3 is 0 Å². The van der Waals surface area contributed by atoms with Crippen molar-refractivity contribution in [1.29, 1.82) is 0 Å². The van der Waals surface area contributed by atoms with Crippen LogP contribution in [-0.2, 0) is 5.41 Å². The minimum atomic E-state index is -0.753. The van der Waals surface area contributed by atoms with Crippen LogP contribution in [0.4, 0.5) is 0 Å². The third kappa shape index (κ3) is 5.47. The second-order valence-corrected chi connectivity index (χ2v) is 10.5. The fourth-order valence-electron chi connectivity index (χ4n) is 3.81. The van der Waals surface area contributed by atoms with Crippen molar-refractivity contribution in [3.63, 3.8) is 0 Å². The Balaban J connectivity index is 1.82. The van der Waals surface area contributed by atoms with E-state index in [1.807, 2.05) is 45.9 Å². The zero-order valence-electron chi connectivity index (χ0n) is 20.1. The third-order valence-electron chi connectivity index (χ3n) is 6.25. The molecular weight excluding hydrogens is 438 g/mol. The van der Waals surface area contributed by atoms with E-state index in [0.29, 0.717) is 4.88 Å². The lowest BCUT2D eigenvalue weighted by Gasteiger charge is -2.32. The number of aliphatic hydroxyl groups is 1. The highest BCUT2D eigenvalue weighted by atomic mass is 32.1. The Morgan fingerprint density at radius 1 is 1.15 bits per heavy atom. The SMILES string of the molecule is CCC(CC)(c1ccc(OCC(O)C(C)(C)C)c(C)c1)c1ccc(C(=O)NC2N=NN=N2)s1. The van der Waals surface area contributed by atoms with Crippen LogP contribution in [0.2, 0.25) is 0 Å². The van der Waals surface area contributed by atoms with Crippen LogP contribution in [-0.4, -0.2) is 30.0 Å². The molecule has 0 bridgehead atoms. The number of hydrogen-bond acceptors (Lipinski definition) is 8. The molecule has 1 aliphatic heterocycles. The molecule has 3 rings (SSSR count). The summed E-state index contributed by atoms with van der Waals surface area (Å²) in [7, 11) is 0. The second kappa shape index (κ2) is 10.1. The lowest BCUT2D eigenvalue weighted by molar-refractivity contribution is 0.0216. The number of hydrogen-bond donors (Lipinski definition) is 2. The van der Waals surface area contributed by atoms with E-state index in [2.05, 4.69) is 52.0 Å². The van der Waals surface area contributed by atoms with Crippen LogP contribution < -0.4 is 10.1 Å². The normalized spacial score (nSPS) is 15.1. The highest BCUT2D eigenvalue weighted by Gasteiger charge is 2.33. The first-order chi connectivity index (χ1) is 15.6. The number of rotatable bonds is 9. The molecule has 1 aromatic heterocycles. The first kappa shape index (κ1) is 25.0. The zero-order chi connectivity index (χ0) is 24.2. The van der Waals surface area contributed by atoms with Gasteiger partial charge in [0, 0.05) is 10.3 Å². The molecule has 8 nitrogen and oxygen atoms in total. The van der Waals surface area contributed by atoms with Gasteiger partial charge in [0.2, 0.25) is 0 Å². The molecule has 2 aromatic rings. The Morgan fingerprint density at radius 3 is 2.39 bits per heavy atom. The summed E-state index contributed by atoms with van der Waals surface area (Å²) in [6, 6.07) is 10.1. The van der Waals surface area contributed by atoms with Gasteiger partial charge in [0.15, 0.2) is 0 Å². The third-order valence-corrected chi connectivity index (χ3v) is 7.54. The predicted octanol–water partition coefficient (Wildman–Crippen LogP) is 5.79. The fourth-order valence-corrected chi connectivity index (χ4v) is 5.07. The molecule has 0 radical (unpaired) electrons. The van der Waals surface area contributed by atoms with Gasteiger partial charge < -0.3 is 15.2 Å². The minimum absolute atomic E-state index is 0.218. The summed E-state index contributed by atoms with van der Waals surface area (Å²) < 4.78 is 5.93. The quantitative estimate of drug-likeness (QED) is 0.483. The summed E-state index contributed by atoms with van der Waals surface area (Å²) in [5, 5.41) is 27.3. The molecule has 178 valence electrons. The van der Waals surface area contributed by atoms with E-state index < -0.39 is 12.4 Å². The van der Waals surface area contributed by atoms with Crippen LogP contribution in [0.3, 0.4) is 0 Å². The summed E-state index contributed by atoms with van der Waals surface area (Å²) in [6.07, 6.45) is 0.471. The van der Waals surface area contributed by atoms with E-state index in [1.54, 1.807) is 0 Å². The molecule has 0 saturated carbocycles. The first-order valence-electron chi connectivity index (χ1n) is 11.2. The summed E-state index contributed by atoms with van der Waals surface area (Å²) >= 11 is 1.48. The van der Waals surface area contributed by atoms with Gasteiger partial charge in [-0.2, -0.15) is 0 Å². The van der Waals surface area contributed by atoms with Crippen molar-refractivity contribution in [2.24, 2.45) is 26.1 Å². The number of nitrogens with one attached hydrogen (secondary N) is 1. The van der Waals surface area contributed by atoms with Gasteiger partial charge in [-0.15, -0.1) is 21.6 Å². The molecule has 2 N–H and O–H groups in total. The van der Waals surface area contributed by atoms with Crippen molar-refractivity contribution in [3.05, 3.63) is 51.2 Å². The Bertz CT molecular complexity index is 1020. The Hall–Kier alpha value is -2.65. The molecule has 0 spiro atoms. The number of ether oxygens (including phenoxy) is 1. The van der Waals surface area contributed by atoms with Crippen LogP contribution in [0.15, 0.2) is 51.0 Å². The van der Waals surface area contributed by atoms with E-state index in [0.717, 1.165) is 29.0 Å². The maximum Gasteiger partial charge on any atom is 0.264 e. The number of carbonyl (C=O) groups is 1. The topological polar surface area (TPSA) is 108 Å². The Morgan fingerprint density at radius 2 is 1.82 bits per heavy atom. The maximum absolute atomic E-state index is 12.6. The highest BCUT2D eigenvalue weighted by molar-refractivity contribution is 7.14. The number of aryl methyl sites for hydroxylation is 1. The van der Waals surface area contributed by atoms with Crippen LogP contribution in [0.25, 0.3) is 0 Å². The van der Waals surface area contributed by atoms with Crippen LogP contribution in [0.5, 0.6) is 5.75 Å². The lowest BCUT2D eigenvalue weighted by Crippen LogP contribution is -2.32. The molecule has 0 fully saturated rings. The Kier molecular flexibility index (Phi) is 7.64. The molecule has 33 heavy (non-hydrogen) atoms. The van der Waals surface area contributed by atoms with Crippen LogP contribution in [0, 0.1) is 12.3 Å². The number of benzene rings is 1. The van der Waals surface area contributed by atoms with Crippen molar-refractivity contribution in [3.8, 4) is 5.75 Å². The van der Waals surface area contributed by atoms with E-state index in [1.165, 1.54) is 16.9 Å². The molecule has 1 aromatic carbocycles. The van der Waals surface area contributed by atoms with Crippen LogP contribution >= 0.6 is 11.3 Å². The Labute approximate surface area is 199 Å². The molecule has 1 unspecified atom stereocenters. The van der Waals surface area contributed by atoms with Gasteiger partial charge in [-0.05, 0) is 65.0 Å². The molecule has 0 aliphatic carbocycles. The summed E-state index contributed by atoms with van der Waals surface area (Å²) in [5.41, 5.74) is 1.75. The standard InChI is InChI=1S/C24H33N5O3S/c1-7-24(8-2,20-12-11-18(33-20)21(31)25-22-26-28-29-27-22)16-9-10-17(15(3)13-16)32-14-19(30)23(4,5)6/h9-13,19,22,30H,7-8,14H2,1-6H3,(H,25,31). The summed E-state index contributed by atoms with van der Waals surface area (Å²) in [4.78, 5) is 14.3. The molecule has 1 atom stereocenters. The highest BCUT2D eigenvalue weighted by Crippen LogP contribution is 2.43. The molecule has 0 saturated heterocycles. The molecular formula is C24H33N5O3S. The second-order valence-electron chi connectivity index (χ2n) is 9.38. The lowest BCUT2D eigenvalue weighted by atomic mass is 9.74. The van der Waals surface area contributed by atoms with Crippen molar-refractivity contribution < 1.29 is 14.6 Å². The first-order valence-corrected chi connectivity index (χ1v) is 12.1. The number of thiophene rings is 1. The zero-order valence-corrected chi connectivity index (χ0v) is 20.9. The van der Waals surface area contributed by atoms with E-state index in [9.17, 15) is 9.90 Å². The number of carbonyl (C=O) groups excluding carboxylic acids is 1. The molecule has 1 amide bonds. The van der Waals surface area contributed by atoms with Gasteiger partial charge in [0.1, 0.15) is 12.4 Å². The summed E-state index contributed by atoms with van der Waals surface area (Å²) in [6.45, 7) is 12.6. The smallest absolute Gasteiger partial charge is 0.264 e. The van der Waals surface area contributed by atoms with Gasteiger partial charge in [-0.25, -0.2) is 0 Å². The van der Waals surface area contributed by atoms with Crippen LogP contribution in [0.1, 0.15) is 73.1 Å². The summed E-state index contributed by atoms with van der Waals surface area (Å²) in [5.74, 6) is 0.531. The minimum Gasteiger partial charge on any atom is -0.491 e. The van der Waals surface area contributed by atoms with E-state index in [4.69, 9.17) is 4.74 Å². The number of nitrogens with zero attached hydrogens (tertiary/aromatic N) is 4. The monoisotopic (exact) mass is 471 g/mol. The van der Waals surface area contributed by atoms with Crippen molar-refractivity contribution in [2.75, 3.05) is 6.61 Å². The van der Waals surface area contributed by atoms with Crippen molar-refractivity contribution in [2.45, 2.75) is 72.2 Å². The van der Waals surface area contributed by atoms with Gasteiger partial charge in [0.25, 0.3) is 12.2 Å². The predicted molar refractivity (Wildman–Crippen MR) is 129 cm³/mol. The largest absolute Gasteiger partial charge is 0.491 e. The average molecular weight is 472 g/mol. The van der Waals surface area contributed by atoms with Crippen molar-refractivity contribution >= 4 is 17.2 Å². The van der Waals surface area contributed by atoms with Gasteiger partial charge in [-0.3, -0.25) is 4.79 Å². The molecule has 9 heteroatoms. The van der Waals surface area contributed by atoms with E-state index >= 15 is 0 Å². The number of amides is 1. The fraction of sp³-hybridized carbons (Fsp3) is 0.542. The van der Waals surface area contributed by atoms with Gasteiger partial charge in [-0.1, -0.05) is 46.8 Å². The van der Waals surface area contributed by atoms with E-state index in [-0.39, 0.29) is 23.3 Å². The average Bonchev–Trinajstić information content (AvgIpc) is 3.46. The molecule has 1 aliphatic rings.